The van der Waals surface area contributed by atoms with Crippen LogP contribution in [0.15, 0.2) is 23.2 Å². The van der Waals surface area contributed by atoms with E-state index in [-0.39, 0.29) is 24.0 Å². The molecule has 130 valence electrons. The van der Waals surface area contributed by atoms with Crippen molar-refractivity contribution in [3.05, 3.63) is 29.8 Å². The summed E-state index contributed by atoms with van der Waals surface area (Å²) >= 11 is 0. The molecular weight excluding hydrogens is 413 g/mol. The molecule has 4 nitrogen and oxygen atoms in total. The Morgan fingerprint density at radius 3 is 2.70 bits per heavy atom. The maximum Gasteiger partial charge on any atom is 0.191 e. The van der Waals surface area contributed by atoms with Crippen LogP contribution < -0.4 is 15.5 Å². The van der Waals surface area contributed by atoms with Crippen molar-refractivity contribution >= 4 is 35.6 Å². The van der Waals surface area contributed by atoms with Gasteiger partial charge in [0.25, 0.3) is 0 Å². The number of nitrogens with one attached hydrogen (secondary N) is 2. The third-order valence-corrected chi connectivity index (χ3v) is 3.76. The molecule has 0 radical (unpaired) electrons. The summed E-state index contributed by atoms with van der Waals surface area (Å²) in [6, 6.07) is 4.41. The van der Waals surface area contributed by atoms with Crippen molar-refractivity contribution in [3.8, 4) is 0 Å². The number of hydrogen-bond donors (Lipinski definition) is 2. The van der Waals surface area contributed by atoms with Crippen LogP contribution in [0.2, 0.25) is 0 Å². The first kappa shape index (κ1) is 19.9. The van der Waals surface area contributed by atoms with Crippen LogP contribution in [0.25, 0.3) is 0 Å². The number of nitrogens with zero attached hydrogens (tertiary/aromatic N) is 2. The lowest BCUT2D eigenvalue weighted by atomic mass is 10.1. The first-order chi connectivity index (χ1) is 10.5. The Hall–Kier alpha value is -1.12. The minimum absolute atomic E-state index is 0. The van der Waals surface area contributed by atoms with E-state index in [0.717, 1.165) is 37.7 Å². The largest absolute Gasteiger partial charge is 0.371 e. The van der Waals surface area contributed by atoms with Crippen LogP contribution in [0.4, 0.5) is 14.5 Å². The maximum absolute atomic E-state index is 13.3. The SMILES string of the molecule is CN=C(NCC1CCN(c2ccc(F)c(F)c2)C1)NC(C)C.I. The number of hydrogen-bond acceptors (Lipinski definition) is 2. The first-order valence-electron chi connectivity index (χ1n) is 7.66. The van der Waals surface area contributed by atoms with Gasteiger partial charge in [0.1, 0.15) is 0 Å². The smallest absolute Gasteiger partial charge is 0.191 e. The van der Waals surface area contributed by atoms with Crippen molar-refractivity contribution in [2.45, 2.75) is 26.3 Å². The molecule has 1 aromatic rings. The highest BCUT2D eigenvalue weighted by molar-refractivity contribution is 14.0. The third kappa shape index (κ3) is 5.78. The van der Waals surface area contributed by atoms with Crippen LogP contribution in [0.3, 0.4) is 0 Å². The molecule has 2 rings (SSSR count). The summed E-state index contributed by atoms with van der Waals surface area (Å²) in [4.78, 5) is 6.27. The number of guanidine groups is 1. The Balaban J connectivity index is 0.00000264. The van der Waals surface area contributed by atoms with Crippen molar-refractivity contribution in [1.29, 1.82) is 0 Å². The Kier molecular flexibility index (Phi) is 8.01. The van der Waals surface area contributed by atoms with Gasteiger partial charge in [0.2, 0.25) is 0 Å². The minimum atomic E-state index is -0.801. The van der Waals surface area contributed by atoms with Gasteiger partial charge in [-0.2, -0.15) is 0 Å². The lowest BCUT2D eigenvalue weighted by Gasteiger charge is -2.20. The zero-order chi connectivity index (χ0) is 16.1. The minimum Gasteiger partial charge on any atom is -0.371 e. The Morgan fingerprint density at radius 2 is 2.09 bits per heavy atom. The van der Waals surface area contributed by atoms with E-state index in [4.69, 9.17) is 0 Å². The lowest BCUT2D eigenvalue weighted by molar-refractivity contribution is 0.508. The highest BCUT2D eigenvalue weighted by Gasteiger charge is 2.23. The molecule has 2 N–H and O–H groups in total. The molecule has 1 aromatic carbocycles. The first-order valence-corrected chi connectivity index (χ1v) is 7.66. The summed E-state index contributed by atoms with van der Waals surface area (Å²) in [5, 5.41) is 6.56. The lowest BCUT2D eigenvalue weighted by Crippen LogP contribution is -2.43. The second-order valence-electron chi connectivity index (χ2n) is 5.95. The molecule has 0 amide bonds. The molecule has 1 unspecified atom stereocenters. The van der Waals surface area contributed by atoms with E-state index in [2.05, 4.69) is 34.4 Å². The van der Waals surface area contributed by atoms with Crippen LogP contribution in [0, 0.1) is 17.6 Å². The van der Waals surface area contributed by atoms with E-state index in [0.29, 0.717) is 12.0 Å². The zero-order valence-electron chi connectivity index (χ0n) is 13.8. The van der Waals surface area contributed by atoms with Crippen molar-refractivity contribution in [1.82, 2.24) is 10.6 Å². The average molecular weight is 438 g/mol. The van der Waals surface area contributed by atoms with Crippen LogP contribution in [0.1, 0.15) is 20.3 Å². The molecular formula is C16H25F2IN4. The van der Waals surface area contributed by atoms with Gasteiger partial charge >= 0.3 is 0 Å². The summed E-state index contributed by atoms with van der Waals surface area (Å²) < 4.78 is 26.3. The number of rotatable bonds is 4. The summed E-state index contributed by atoms with van der Waals surface area (Å²) in [6.07, 6.45) is 1.02. The summed E-state index contributed by atoms with van der Waals surface area (Å²) in [6.45, 7) is 6.62. The van der Waals surface area contributed by atoms with Crippen molar-refractivity contribution < 1.29 is 8.78 Å². The van der Waals surface area contributed by atoms with E-state index in [1.807, 2.05) is 0 Å². The normalized spacial score (nSPS) is 18.1. The van der Waals surface area contributed by atoms with E-state index in [9.17, 15) is 8.78 Å². The van der Waals surface area contributed by atoms with Gasteiger partial charge in [-0.1, -0.05) is 0 Å². The Labute approximate surface area is 153 Å². The highest BCUT2D eigenvalue weighted by Crippen LogP contribution is 2.24. The van der Waals surface area contributed by atoms with Crippen LogP contribution in [0.5, 0.6) is 0 Å². The summed E-state index contributed by atoms with van der Waals surface area (Å²) in [7, 11) is 1.75. The van der Waals surface area contributed by atoms with E-state index in [1.54, 1.807) is 13.1 Å². The monoisotopic (exact) mass is 438 g/mol. The van der Waals surface area contributed by atoms with Gasteiger partial charge in [0.05, 0.1) is 0 Å². The summed E-state index contributed by atoms with van der Waals surface area (Å²) in [5.74, 6) is -0.342. The molecule has 1 fully saturated rings. The molecule has 0 aliphatic carbocycles. The number of benzene rings is 1. The van der Waals surface area contributed by atoms with Gasteiger partial charge in [-0.25, -0.2) is 8.78 Å². The van der Waals surface area contributed by atoms with E-state index >= 15 is 0 Å². The number of halogens is 3. The summed E-state index contributed by atoms with van der Waals surface area (Å²) in [5.41, 5.74) is 0.742. The molecule has 1 saturated heterocycles. The van der Waals surface area contributed by atoms with Crippen molar-refractivity contribution in [2.24, 2.45) is 10.9 Å². The van der Waals surface area contributed by atoms with Gasteiger partial charge in [-0.05, 0) is 38.3 Å². The fourth-order valence-electron chi connectivity index (χ4n) is 2.62. The molecule has 1 aliphatic rings. The van der Waals surface area contributed by atoms with Crippen molar-refractivity contribution in [2.75, 3.05) is 31.6 Å². The Bertz CT molecular complexity index is 537. The number of aliphatic imine (C=N–C) groups is 1. The van der Waals surface area contributed by atoms with E-state index in [1.165, 1.54) is 12.1 Å². The molecule has 7 heteroatoms. The predicted molar refractivity (Wildman–Crippen MR) is 102 cm³/mol. The molecule has 23 heavy (non-hydrogen) atoms. The van der Waals surface area contributed by atoms with Gasteiger partial charge in [-0.3, -0.25) is 4.99 Å². The fourth-order valence-corrected chi connectivity index (χ4v) is 2.62. The van der Waals surface area contributed by atoms with Crippen molar-refractivity contribution in [3.63, 3.8) is 0 Å². The average Bonchev–Trinajstić information content (AvgIpc) is 2.95. The second kappa shape index (κ2) is 9.24. The fraction of sp³-hybridized carbons (Fsp3) is 0.562. The molecule has 1 aliphatic heterocycles. The van der Waals surface area contributed by atoms with Crippen LogP contribution in [-0.4, -0.2) is 38.7 Å². The third-order valence-electron chi connectivity index (χ3n) is 3.76. The van der Waals surface area contributed by atoms with Gasteiger partial charge in [0.15, 0.2) is 17.6 Å². The Morgan fingerprint density at radius 1 is 1.35 bits per heavy atom. The maximum atomic E-state index is 13.3. The van der Waals surface area contributed by atoms with Gasteiger partial charge in [0, 0.05) is 44.5 Å². The van der Waals surface area contributed by atoms with Crippen LogP contribution in [-0.2, 0) is 0 Å². The molecule has 0 aromatic heterocycles. The second-order valence-corrected chi connectivity index (χ2v) is 5.95. The molecule has 0 saturated carbocycles. The molecule has 0 spiro atoms. The molecule has 0 bridgehead atoms. The quantitative estimate of drug-likeness (QED) is 0.432. The van der Waals surface area contributed by atoms with Gasteiger partial charge < -0.3 is 15.5 Å². The highest BCUT2D eigenvalue weighted by atomic mass is 127. The van der Waals surface area contributed by atoms with E-state index < -0.39 is 11.6 Å². The van der Waals surface area contributed by atoms with Gasteiger partial charge in [-0.15, -0.1) is 24.0 Å². The van der Waals surface area contributed by atoms with Crippen LogP contribution >= 0.6 is 24.0 Å². The predicted octanol–water partition coefficient (Wildman–Crippen LogP) is 2.98. The zero-order valence-corrected chi connectivity index (χ0v) is 16.1. The molecule has 1 atom stereocenters. The number of anilines is 1. The molecule has 1 heterocycles. The topological polar surface area (TPSA) is 39.7 Å². The standard InChI is InChI=1S/C16H24F2N4.HI/c1-11(2)21-16(19-3)20-9-12-6-7-22(10-12)13-4-5-14(17)15(18)8-13;/h4-5,8,11-12H,6-7,9-10H2,1-3H3,(H2,19,20,21);1H.